The zero-order chi connectivity index (χ0) is 28.2. The average molecular weight is 543 g/mol. The van der Waals surface area contributed by atoms with Gasteiger partial charge < -0.3 is 14.8 Å². The molecule has 1 aliphatic carbocycles. The van der Waals surface area contributed by atoms with Crippen LogP contribution < -0.4 is 19.7 Å². The first-order valence-electron chi connectivity index (χ1n) is 13.9. The number of Topliss-reactive ketones (excluding diaryl/α,β-unsaturated/α-hetero) is 1. The number of unbranched alkanes of at least 4 members (excludes halogenated alkanes) is 2. The molecule has 1 N–H and O–H groups in total. The molecule has 0 radical (unpaired) electrons. The molecule has 0 saturated carbocycles. The van der Waals surface area contributed by atoms with E-state index in [4.69, 9.17) is 9.47 Å². The first kappa shape index (κ1) is 27.4. The summed E-state index contributed by atoms with van der Waals surface area (Å²) in [5.74, 6) is 0.686. The summed E-state index contributed by atoms with van der Waals surface area (Å²) in [6, 6.07) is 18.9. The number of hydrogen-bond donors (Lipinski definition) is 1. The summed E-state index contributed by atoms with van der Waals surface area (Å²) in [5.41, 5.74) is 4.49. The van der Waals surface area contributed by atoms with E-state index in [9.17, 15) is 14.0 Å². The minimum Gasteiger partial charge on any atom is -0.493 e. The smallest absolute Gasteiger partial charge is 0.227 e. The van der Waals surface area contributed by atoms with Crippen LogP contribution in [0.3, 0.4) is 0 Å². The average Bonchev–Trinajstić information content (AvgIpc) is 3.12. The van der Waals surface area contributed by atoms with Crippen LogP contribution in [0.4, 0.5) is 15.8 Å². The van der Waals surface area contributed by atoms with Gasteiger partial charge in [0.2, 0.25) is 5.91 Å². The van der Waals surface area contributed by atoms with Gasteiger partial charge in [-0.3, -0.25) is 14.5 Å². The molecule has 3 aromatic rings. The number of fused-ring (bicyclic) bond motifs is 1. The molecule has 1 heterocycles. The normalized spacial score (nSPS) is 18.4. The molecule has 3 aromatic carbocycles. The van der Waals surface area contributed by atoms with Crippen molar-refractivity contribution in [2.45, 2.75) is 57.4 Å². The third-order valence-electron chi connectivity index (χ3n) is 7.82. The molecule has 5 rings (SSSR count). The van der Waals surface area contributed by atoms with Crippen LogP contribution in [0.25, 0.3) is 0 Å². The molecule has 2 aliphatic rings. The number of nitrogens with one attached hydrogen (secondary N) is 1. The number of halogens is 1. The molecule has 0 fully saturated rings. The minimum absolute atomic E-state index is 0.0398. The van der Waals surface area contributed by atoms with Gasteiger partial charge in [0.25, 0.3) is 0 Å². The van der Waals surface area contributed by atoms with Crippen LogP contribution in [-0.4, -0.2) is 25.9 Å². The number of carbonyl (C=O) groups excluding carboxylic acids is 2. The van der Waals surface area contributed by atoms with Gasteiger partial charge in [0.15, 0.2) is 17.3 Å². The maximum absolute atomic E-state index is 14.1. The van der Waals surface area contributed by atoms with Crippen LogP contribution in [-0.2, 0) is 9.59 Å². The maximum atomic E-state index is 14.1. The lowest BCUT2D eigenvalue weighted by atomic mass is 9.78. The number of carbonyl (C=O) groups is 2. The molecule has 0 aromatic heterocycles. The van der Waals surface area contributed by atoms with E-state index in [-0.39, 0.29) is 29.8 Å². The Morgan fingerprint density at radius 2 is 1.68 bits per heavy atom. The van der Waals surface area contributed by atoms with Gasteiger partial charge in [-0.1, -0.05) is 50.1 Å². The summed E-state index contributed by atoms with van der Waals surface area (Å²) >= 11 is 0. The molecule has 1 aliphatic heterocycles. The van der Waals surface area contributed by atoms with Crippen LogP contribution in [0.5, 0.6) is 11.5 Å². The highest BCUT2D eigenvalue weighted by atomic mass is 19.1. The van der Waals surface area contributed by atoms with E-state index in [1.165, 1.54) is 12.1 Å². The summed E-state index contributed by atoms with van der Waals surface area (Å²) in [7, 11) is 3.19. The van der Waals surface area contributed by atoms with Crippen molar-refractivity contribution in [1.82, 2.24) is 0 Å². The number of anilines is 2. The molecule has 0 spiro atoms. The molecular formula is C33H35FN2O4. The molecule has 40 heavy (non-hydrogen) atoms. The largest absolute Gasteiger partial charge is 0.493 e. The summed E-state index contributed by atoms with van der Waals surface area (Å²) < 4.78 is 24.9. The number of allylic oxidation sites excluding steroid dienone is 1. The van der Waals surface area contributed by atoms with Crippen molar-refractivity contribution in [3.63, 3.8) is 0 Å². The van der Waals surface area contributed by atoms with Gasteiger partial charge in [-0.25, -0.2) is 4.39 Å². The van der Waals surface area contributed by atoms with E-state index in [2.05, 4.69) is 12.2 Å². The van der Waals surface area contributed by atoms with Crippen LogP contribution >= 0.6 is 0 Å². The monoisotopic (exact) mass is 542 g/mol. The van der Waals surface area contributed by atoms with E-state index >= 15 is 0 Å². The molecular weight excluding hydrogens is 507 g/mol. The minimum atomic E-state index is -0.667. The summed E-state index contributed by atoms with van der Waals surface area (Å²) in [6.45, 7) is 2.10. The van der Waals surface area contributed by atoms with Crippen LogP contribution in [0, 0.1) is 5.82 Å². The second kappa shape index (κ2) is 11.9. The van der Waals surface area contributed by atoms with E-state index < -0.39 is 6.04 Å². The zero-order valence-electron chi connectivity index (χ0n) is 23.2. The SMILES string of the molecule is CCCCCC(=O)N1c2ccccc2NC2=C(C(=O)C[C@H](c3ccc(OC)c(OC)c3)C2)[C@@H]1c1ccc(F)cc1. The highest BCUT2D eigenvalue weighted by Crippen LogP contribution is 2.48. The summed E-state index contributed by atoms with van der Waals surface area (Å²) in [4.78, 5) is 29.8. The van der Waals surface area contributed by atoms with Crippen molar-refractivity contribution in [2.24, 2.45) is 0 Å². The molecule has 1 amide bonds. The van der Waals surface area contributed by atoms with Crippen LogP contribution in [0.2, 0.25) is 0 Å². The van der Waals surface area contributed by atoms with Crippen molar-refractivity contribution < 1.29 is 23.5 Å². The first-order chi connectivity index (χ1) is 19.4. The number of benzene rings is 3. The quantitative estimate of drug-likeness (QED) is 0.302. The predicted octanol–water partition coefficient (Wildman–Crippen LogP) is 7.32. The van der Waals surface area contributed by atoms with E-state index in [1.54, 1.807) is 31.3 Å². The fraction of sp³-hybridized carbons (Fsp3) is 0.333. The van der Waals surface area contributed by atoms with Crippen molar-refractivity contribution in [3.8, 4) is 11.5 Å². The molecule has 2 atom stereocenters. The number of para-hydroxylation sites is 2. The van der Waals surface area contributed by atoms with Crippen molar-refractivity contribution in [1.29, 1.82) is 0 Å². The standard InChI is InChI=1S/C33H35FN2O4/c1-4-5-6-11-31(38)36-27-10-8-7-9-25(27)35-26-18-23(22-14-17-29(39-2)30(20-22)40-3)19-28(37)32(26)33(36)21-12-15-24(34)16-13-21/h7-10,12-17,20,23,33,35H,4-6,11,18-19H2,1-3H3/t23-,33+/m1/s1. The van der Waals surface area contributed by atoms with Gasteiger partial charge in [-0.2, -0.15) is 0 Å². The Balaban J connectivity index is 1.64. The molecule has 208 valence electrons. The predicted molar refractivity (Wildman–Crippen MR) is 154 cm³/mol. The van der Waals surface area contributed by atoms with Gasteiger partial charge >= 0.3 is 0 Å². The summed E-state index contributed by atoms with van der Waals surface area (Å²) in [6.07, 6.45) is 3.92. The van der Waals surface area contributed by atoms with Gasteiger partial charge in [0.05, 0.1) is 31.6 Å². The molecule has 0 saturated heterocycles. The molecule has 6 nitrogen and oxygen atoms in total. The Morgan fingerprint density at radius 3 is 2.40 bits per heavy atom. The van der Waals surface area contributed by atoms with E-state index in [1.807, 2.05) is 42.5 Å². The van der Waals surface area contributed by atoms with E-state index in [0.717, 1.165) is 36.2 Å². The fourth-order valence-corrected chi connectivity index (χ4v) is 5.81. The Hall–Kier alpha value is -4.13. The zero-order valence-corrected chi connectivity index (χ0v) is 23.2. The van der Waals surface area contributed by atoms with Gasteiger partial charge in [-0.15, -0.1) is 0 Å². The Labute approximate surface area is 234 Å². The lowest BCUT2D eigenvalue weighted by molar-refractivity contribution is -0.119. The van der Waals surface area contributed by atoms with E-state index in [0.29, 0.717) is 41.2 Å². The first-order valence-corrected chi connectivity index (χ1v) is 13.9. The Morgan fingerprint density at radius 1 is 0.950 bits per heavy atom. The van der Waals surface area contributed by atoms with Crippen LogP contribution in [0.1, 0.15) is 68.5 Å². The molecule has 0 unspecified atom stereocenters. The highest BCUT2D eigenvalue weighted by Gasteiger charge is 2.41. The fourth-order valence-electron chi connectivity index (χ4n) is 5.81. The Kier molecular flexibility index (Phi) is 8.19. The number of hydrogen-bond acceptors (Lipinski definition) is 5. The molecule has 0 bridgehead atoms. The third kappa shape index (κ3) is 5.33. The van der Waals surface area contributed by atoms with Gasteiger partial charge in [0.1, 0.15) is 5.82 Å². The van der Waals surface area contributed by atoms with Crippen molar-refractivity contribution in [2.75, 3.05) is 24.4 Å². The van der Waals surface area contributed by atoms with Crippen molar-refractivity contribution >= 4 is 23.1 Å². The third-order valence-corrected chi connectivity index (χ3v) is 7.82. The van der Waals surface area contributed by atoms with Gasteiger partial charge in [-0.05, 0) is 66.3 Å². The topological polar surface area (TPSA) is 67.9 Å². The number of rotatable bonds is 8. The second-order valence-electron chi connectivity index (χ2n) is 10.4. The lowest BCUT2D eigenvalue weighted by Gasteiger charge is -2.35. The number of nitrogens with zero attached hydrogens (tertiary/aromatic N) is 1. The van der Waals surface area contributed by atoms with Crippen LogP contribution in [0.15, 0.2) is 78.0 Å². The number of ketones is 1. The van der Waals surface area contributed by atoms with Gasteiger partial charge in [0, 0.05) is 24.1 Å². The number of amides is 1. The summed E-state index contributed by atoms with van der Waals surface area (Å²) in [5, 5.41) is 3.54. The highest BCUT2D eigenvalue weighted by molar-refractivity contribution is 6.06. The Bertz CT molecular complexity index is 1430. The second-order valence-corrected chi connectivity index (χ2v) is 10.4. The number of methoxy groups -OCH3 is 2. The lowest BCUT2D eigenvalue weighted by Crippen LogP contribution is -2.38. The molecule has 7 heteroatoms. The van der Waals surface area contributed by atoms with Crippen molar-refractivity contribution in [3.05, 3.63) is 94.9 Å². The number of ether oxygens (including phenoxy) is 2. The maximum Gasteiger partial charge on any atom is 0.227 e.